The fourth-order valence-electron chi connectivity index (χ4n) is 3.81. The second kappa shape index (κ2) is 6.81. The summed E-state index contributed by atoms with van der Waals surface area (Å²) in [4.78, 5) is 23.6. The Hall–Kier alpha value is -4.00. The number of H-pyrrole nitrogens is 1. The standard InChI is InChI=1S/C23H19N5O2/c1-13-11-24-23(29)26-21(13)18-12-28(16-7-5-4-6-8-16)22-17(18)9-10-19(25-22)20-14(2)27-30-15(20)3/h4-12H,1-3H3,(H,24,26,29). The van der Waals surface area contributed by atoms with Gasteiger partial charge in [0.05, 0.1) is 22.6 Å². The quantitative estimate of drug-likeness (QED) is 0.489. The van der Waals surface area contributed by atoms with E-state index in [1.807, 2.05) is 74.0 Å². The minimum absolute atomic E-state index is 0.378. The van der Waals surface area contributed by atoms with Crippen molar-refractivity contribution < 1.29 is 4.52 Å². The van der Waals surface area contributed by atoms with Crippen LogP contribution in [0, 0.1) is 20.8 Å². The molecule has 0 spiro atoms. The summed E-state index contributed by atoms with van der Waals surface area (Å²) in [6.07, 6.45) is 3.59. The van der Waals surface area contributed by atoms with Crippen LogP contribution in [-0.2, 0) is 0 Å². The highest BCUT2D eigenvalue weighted by molar-refractivity contribution is 5.96. The van der Waals surface area contributed by atoms with E-state index in [0.29, 0.717) is 0 Å². The van der Waals surface area contributed by atoms with Crippen LogP contribution in [0.2, 0.25) is 0 Å². The first-order valence-electron chi connectivity index (χ1n) is 9.60. The predicted molar refractivity (Wildman–Crippen MR) is 115 cm³/mol. The van der Waals surface area contributed by atoms with E-state index in [4.69, 9.17) is 9.51 Å². The number of benzene rings is 1. The average molecular weight is 397 g/mol. The monoisotopic (exact) mass is 397 g/mol. The maximum Gasteiger partial charge on any atom is 0.345 e. The van der Waals surface area contributed by atoms with Crippen molar-refractivity contribution in [2.45, 2.75) is 20.8 Å². The highest BCUT2D eigenvalue weighted by Gasteiger charge is 2.19. The maximum absolute atomic E-state index is 11.9. The zero-order valence-electron chi connectivity index (χ0n) is 16.8. The number of nitrogens with one attached hydrogen (secondary N) is 1. The van der Waals surface area contributed by atoms with Crippen LogP contribution < -0.4 is 5.69 Å². The van der Waals surface area contributed by atoms with E-state index in [1.54, 1.807) is 6.20 Å². The van der Waals surface area contributed by atoms with E-state index < -0.39 is 0 Å². The summed E-state index contributed by atoms with van der Waals surface area (Å²) in [6.45, 7) is 5.72. The molecular formula is C23H19N5O2. The van der Waals surface area contributed by atoms with Crippen LogP contribution in [0.5, 0.6) is 0 Å². The zero-order chi connectivity index (χ0) is 20.8. The van der Waals surface area contributed by atoms with Crippen LogP contribution in [0.25, 0.3) is 39.2 Å². The molecule has 1 aromatic carbocycles. The van der Waals surface area contributed by atoms with Crippen LogP contribution in [0.15, 0.2) is 64.2 Å². The Labute approximate surface area is 172 Å². The summed E-state index contributed by atoms with van der Waals surface area (Å²) in [6, 6.07) is 14.0. The Morgan fingerprint density at radius 3 is 2.57 bits per heavy atom. The number of pyridine rings is 1. The van der Waals surface area contributed by atoms with E-state index in [-0.39, 0.29) is 5.69 Å². The number of para-hydroxylation sites is 1. The number of rotatable bonds is 3. The molecule has 30 heavy (non-hydrogen) atoms. The molecule has 7 heteroatoms. The fourth-order valence-corrected chi connectivity index (χ4v) is 3.81. The molecule has 7 nitrogen and oxygen atoms in total. The molecule has 0 aliphatic rings. The second-order valence-electron chi connectivity index (χ2n) is 7.26. The summed E-state index contributed by atoms with van der Waals surface area (Å²) in [5.74, 6) is 0.728. The smallest absolute Gasteiger partial charge is 0.345 e. The normalized spacial score (nSPS) is 11.3. The molecule has 0 unspecified atom stereocenters. The van der Waals surface area contributed by atoms with Gasteiger partial charge in [0.1, 0.15) is 11.4 Å². The first kappa shape index (κ1) is 18.1. The van der Waals surface area contributed by atoms with Gasteiger partial charge in [-0.1, -0.05) is 23.4 Å². The lowest BCUT2D eigenvalue weighted by Gasteiger charge is -2.06. The predicted octanol–water partition coefficient (Wildman–Crippen LogP) is 4.36. The Bertz CT molecular complexity index is 1420. The topological polar surface area (TPSA) is 89.6 Å². The minimum Gasteiger partial charge on any atom is -0.361 e. The highest BCUT2D eigenvalue weighted by atomic mass is 16.5. The molecule has 0 aliphatic carbocycles. The molecule has 5 aromatic rings. The van der Waals surface area contributed by atoms with Crippen molar-refractivity contribution >= 4 is 11.0 Å². The van der Waals surface area contributed by atoms with Crippen molar-refractivity contribution in [3.05, 3.63) is 82.4 Å². The molecule has 0 aliphatic heterocycles. The number of hydrogen-bond donors (Lipinski definition) is 1. The van der Waals surface area contributed by atoms with E-state index >= 15 is 0 Å². The molecular weight excluding hydrogens is 378 g/mol. The maximum atomic E-state index is 11.9. The highest BCUT2D eigenvalue weighted by Crippen LogP contribution is 2.34. The summed E-state index contributed by atoms with van der Waals surface area (Å²) in [5, 5.41) is 4.99. The average Bonchev–Trinajstić information content (AvgIpc) is 3.29. The lowest BCUT2D eigenvalue weighted by atomic mass is 10.1. The molecule has 4 aromatic heterocycles. The molecule has 0 fully saturated rings. The Morgan fingerprint density at radius 2 is 1.83 bits per heavy atom. The van der Waals surface area contributed by atoms with Gasteiger partial charge in [0, 0.05) is 29.0 Å². The van der Waals surface area contributed by atoms with Gasteiger partial charge in [0.25, 0.3) is 0 Å². The van der Waals surface area contributed by atoms with Gasteiger partial charge in [-0.2, -0.15) is 0 Å². The fraction of sp³-hybridized carbons (Fsp3) is 0.130. The van der Waals surface area contributed by atoms with Gasteiger partial charge < -0.3 is 14.1 Å². The third-order valence-corrected chi connectivity index (χ3v) is 5.25. The van der Waals surface area contributed by atoms with Crippen molar-refractivity contribution in [2.24, 2.45) is 0 Å². The zero-order valence-corrected chi connectivity index (χ0v) is 16.8. The molecule has 4 heterocycles. The molecule has 0 amide bonds. The number of aromatic nitrogens is 5. The molecule has 5 rings (SSSR count). The van der Waals surface area contributed by atoms with Crippen LogP contribution in [0.1, 0.15) is 17.0 Å². The second-order valence-corrected chi connectivity index (χ2v) is 7.26. The number of hydrogen-bond acceptors (Lipinski definition) is 5. The molecule has 148 valence electrons. The molecule has 0 bridgehead atoms. The van der Waals surface area contributed by atoms with E-state index in [1.165, 1.54) is 0 Å². The van der Waals surface area contributed by atoms with Crippen molar-refractivity contribution in [1.82, 2.24) is 24.7 Å². The van der Waals surface area contributed by atoms with Crippen molar-refractivity contribution in [3.63, 3.8) is 0 Å². The Morgan fingerprint density at radius 1 is 1.03 bits per heavy atom. The summed E-state index contributed by atoms with van der Waals surface area (Å²) < 4.78 is 7.37. The first-order chi connectivity index (χ1) is 14.5. The lowest BCUT2D eigenvalue weighted by Crippen LogP contribution is -2.11. The van der Waals surface area contributed by atoms with Crippen molar-refractivity contribution in [2.75, 3.05) is 0 Å². The van der Waals surface area contributed by atoms with E-state index in [9.17, 15) is 4.79 Å². The number of fused-ring (bicyclic) bond motifs is 1. The SMILES string of the molecule is Cc1cnc(=O)[nH]c1-c1cn(-c2ccccc2)c2nc(-c3c(C)noc3C)ccc12. The van der Waals surface area contributed by atoms with Gasteiger partial charge in [-0.15, -0.1) is 0 Å². The largest absolute Gasteiger partial charge is 0.361 e. The molecule has 1 N–H and O–H groups in total. The lowest BCUT2D eigenvalue weighted by molar-refractivity contribution is 0.393. The van der Waals surface area contributed by atoms with Crippen molar-refractivity contribution in [1.29, 1.82) is 0 Å². The van der Waals surface area contributed by atoms with Crippen LogP contribution in [0.3, 0.4) is 0 Å². The van der Waals surface area contributed by atoms with Crippen LogP contribution in [-0.4, -0.2) is 24.7 Å². The minimum atomic E-state index is -0.378. The molecule has 0 radical (unpaired) electrons. The van der Waals surface area contributed by atoms with E-state index in [2.05, 4.69) is 15.1 Å². The third kappa shape index (κ3) is 2.83. The van der Waals surface area contributed by atoms with E-state index in [0.717, 1.165) is 56.3 Å². The number of nitrogens with zero attached hydrogens (tertiary/aromatic N) is 4. The van der Waals surface area contributed by atoms with Gasteiger partial charge in [0.2, 0.25) is 0 Å². The van der Waals surface area contributed by atoms with Crippen LogP contribution >= 0.6 is 0 Å². The molecule has 0 saturated carbocycles. The van der Waals surface area contributed by atoms with Gasteiger partial charge in [-0.25, -0.2) is 14.8 Å². The Balaban J connectivity index is 1.83. The Kier molecular flexibility index (Phi) is 4.10. The summed E-state index contributed by atoms with van der Waals surface area (Å²) in [5.41, 5.74) is 6.38. The molecule has 0 atom stereocenters. The van der Waals surface area contributed by atoms with Gasteiger partial charge in [-0.3, -0.25) is 0 Å². The molecule has 0 saturated heterocycles. The van der Waals surface area contributed by atoms with Gasteiger partial charge in [0.15, 0.2) is 0 Å². The first-order valence-corrected chi connectivity index (χ1v) is 9.60. The summed E-state index contributed by atoms with van der Waals surface area (Å²) >= 11 is 0. The van der Waals surface area contributed by atoms with Gasteiger partial charge in [-0.05, 0) is 50.6 Å². The third-order valence-electron chi connectivity index (χ3n) is 5.25. The number of aryl methyl sites for hydroxylation is 3. The van der Waals surface area contributed by atoms with Crippen molar-refractivity contribution in [3.8, 4) is 28.2 Å². The van der Waals surface area contributed by atoms with Gasteiger partial charge >= 0.3 is 5.69 Å². The summed E-state index contributed by atoms with van der Waals surface area (Å²) in [7, 11) is 0. The number of aromatic amines is 1. The van der Waals surface area contributed by atoms with Crippen LogP contribution in [0.4, 0.5) is 0 Å².